The maximum absolute atomic E-state index is 12.4. The van der Waals surface area contributed by atoms with Gasteiger partial charge in [-0.2, -0.15) is 0 Å². The third-order valence-corrected chi connectivity index (χ3v) is 4.58. The van der Waals surface area contributed by atoms with Crippen LogP contribution in [0.15, 0.2) is 48.5 Å². The van der Waals surface area contributed by atoms with Gasteiger partial charge in [0.25, 0.3) is 5.91 Å². The molecule has 0 bridgehead atoms. The molecule has 0 spiro atoms. The molecule has 146 valence electrons. The molecule has 1 saturated carbocycles. The van der Waals surface area contributed by atoms with Crippen molar-refractivity contribution in [2.24, 2.45) is 11.8 Å². The lowest BCUT2D eigenvalue weighted by Crippen LogP contribution is -2.28. The maximum atomic E-state index is 12.4. The van der Waals surface area contributed by atoms with Gasteiger partial charge in [-0.15, -0.1) is 0 Å². The first-order chi connectivity index (χ1) is 13.5. The van der Waals surface area contributed by atoms with Crippen molar-refractivity contribution in [3.8, 4) is 0 Å². The number of benzene rings is 2. The number of carbonyl (C=O) groups is 3. The highest BCUT2D eigenvalue weighted by atomic mass is 16.2. The SMILES string of the molecule is CCNC(=O)Nc1cccc(NC(=O)c2ccc(NC(=O)C3CC3C)cc2)c1. The molecule has 0 aromatic heterocycles. The fraction of sp³-hybridized carbons (Fsp3) is 0.286. The van der Waals surface area contributed by atoms with Crippen LogP contribution in [0, 0.1) is 11.8 Å². The maximum Gasteiger partial charge on any atom is 0.319 e. The normalized spacial score (nSPS) is 17.4. The van der Waals surface area contributed by atoms with E-state index in [1.54, 1.807) is 48.5 Å². The molecule has 4 N–H and O–H groups in total. The third-order valence-electron chi connectivity index (χ3n) is 4.58. The summed E-state index contributed by atoms with van der Waals surface area (Å²) >= 11 is 0. The molecule has 2 aromatic rings. The predicted molar refractivity (Wildman–Crippen MR) is 109 cm³/mol. The van der Waals surface area contributed by atoms with Crippen LogP contribution in [0.4, 0.5) is 21.9 Å². The number of urea groups is 1. The Labute approximate surface area is 163 Å². The summed E-state index contributed by atoms with van der Waals surface area (Å²) in [5.74, 6) is 0.302. The molecule has 1 aliphatic carbocycles. The van der Waals surface area contributed by atoms with Crippen LogP contribution in [0.1, 0.15) is 30.6 Å². The van der Waals surface area contributed by atoms with Gasteiger partial charge < -0.3 is 21.3 Å². The molecule has 2 aromatic carbocycles. The lowest BCUT2D eigenvalue weighted by Gasteiger charge is -2.10. The monoisotopic (exact) mass is 380 g/mol. The van der Waals surface area contributed by atoms with Gasteiger partial charge in [0.15, 0.2) is 0 Å². The zero-order valence-electron chi connectivity index (χ0n) is 15.9. The van der Waals surface area contributed by atoms with Gasteiger partial charge >= 0.3 is 6.03 Å². The van der Waals surface area contributed by atoms with Gasteiger partial charge in [-0.3, -0.25) is 9.59 Å². The van der Waals surface area contributed by atoms with Gasteiger partial charge in [-0.1, -0.05) is 13.0 Å². The van der Waals surface area contributed by atoms with Crippen molar-refractivity contribution >= 4 is 34.9 Å². The molecule has 2 unspecified atom stereocenters. The molecule has 3 rings (SSSR count). The lowest BCUT2D eigenvalue weighted by atomic mass is 10.1. The molecule has 0 heterocycles. The summed E-state index contributed by atoms with van der Waals surface area (Å²) in [6.07, 6.45) is 0.931. The number of nitrogens with one attached hydrogen (secondary N) is 4. The number of amides is 4. The Balaban J connectivity index is 1.58. The van der Waals surface area contributed by atoms with Crippen molar-refractivity contribution in [1.82, 2.24) is 5.32 Å². The van der Waals surface area contributed by atoms with Crippen LogP contribution >= 0.6 is 0 Å². The van der Waals surface area contributed by atoms with Crippen LogP contribution in [-0.4, -0.2) is 24.4 Å². The minimum atomic E-state index is -0.302. The van der Waals surface area contributed by atoms with Gasteiger partial charge in [0, 0.05) is 35.1 Å². The summed E-state index contributed by atoms with van der Waals surface area (Å²) < 4.78 is 0. The van der Waals surface area contributed by atoms with E-state index in [1.165, 1.54) is 0 Å². The highest BCUT2D eigenvalue weighted by Gasteiger charge is 2.39. The molecule has 0 aliphatic heterocycles. The Kier molecular flexibility index (Phi) is 5.93. The highest BCUT2D eigenvalue weighted by Crippen LogP contribution is 2.38. The Morgan fingerprint density at radius 2 is 1.57 bits per heavy atom. The predicted octanol–water partition coefficient (Wildman–Crippen LogP) is 3.67. The molecule has 7 nitrogen and oxygen atoms in total. The zero-order chi connectivity index (χ0) is 20.1. The van der Waals surface area contributed by atoms with Gasteiger partial charge in [0.1, 0.15) is 0 Å². The first-order valence-corrected chi connectivity index (χ1v) is 9.33. The average molecular weight is 380 g/mol. The first kappa shape index (κ1) is 19.4. The van der Waals surface area contributed by atoms with Crippen LogP contribution in [-0.2, 0) is 4.79 Å². The molecule has 1 aliphatic rings. The molecule has 7 heteroatoms. The molecule has 0 radical (unpaired) electrons. The zero-order valence-corrected chi connectivity index (χ0v) is 15.9. The minimum Gasteiger partial charge on any atom is -0.338 e. The van der Waals surface area contributed by atoms with E-state index in [-0.39, 0.29) is 23.8 Å². The number of anilines is 3. The summed E-state index contributed by atoms with van der Waals surface area (Å²) in [7, 11) is 0. The van der Waals surface area contributed by atoms with Crippen LogP contribution in [0.5, 0.6) is 0 Å². The topological polar surface area (TPSA) is 99.3 Å². The van der Waals surface area contributed by atoms with E-state index >= 15 is 0 Å². The van der Waals surface area contributed by atoms with E-state index in [0.717, 1.165) is 6.42 Å². The summed E-state index contributed by atoms with van der Waals surface area (Å²) in [5.41, 5.74) is 2.30. The van der Waals surface area contributed by atoms with Crippen LogP contribution in [0.2, 0.25) is 0 Å². The summed E-state index contributed by atoms with van der Waals surface area (Å²) in [6.45, 7) is 4.41. The molecule has 2 atom stereocenters. The molecule has 0 saturated heterocycles. The number of rotatable bonds is 6. The summed E-state index contributed by atoms with van der Waals surface area (Å²) in [6, 6.07) is 13.4. The van der Waals surface area contributed by atoms with Crippen molar-refractivity contribution in [3.05, 3.63) is 54.1 Å². The van der Waals surface area contributed by atoms with E-state index in [9.17, 15) is 14.4 Å². The fourth-order valence-electron chi connectivity index (χ4n) is 2.84. The molecule has 4 amide bonds. The van der Waals surface area contributed by atoms with Crippen molar-refractivity contribution in [2.75, 3.05) is 22.5 Å². The van der Waals surface area contributed by atoms with Gasteiger partial charge in [0.05, 0.1) is 0 Å². The average Bonchev–Trinajstić information content (AvgIpc) is 3.39. The first-order valence-electron chi connectivity index (χ1n) is 9.33. The fourth-order valence-corrected chi connectivity index (χ4v) is 2.84. The minimum absolute atomic E-state index is 0.0288. The highest BCUT2D eigenvalue weighted by molar-refractivity contribution is 6.05. The van der Waals surface area contributed by atoms with Crippen LogP contribution < -0.4 is 21.3 Å². The van der Waals surface area contributed by atoms with E-state index < -0.39 is 0 Å². The Hall–Kier alpha value is -3.35. The standard InChI is InChI=1S/C21H24N4O3/c1-3-22-21(28)25-17-6-4-5-16(12-17)24-19(26)14-7-9-15(10-8-14)23-20(27)18-11-13(18)2/h4-10,12-13,18H,3,11H2,1-2H3,(H,23,27)(H,24,26)(H2,22,25,28). The Morgan fingerprint density at radius 3 is 2.18 bits per heavy atom. The molecular weight excluding hydrogens is 356 g/mol. The van der Waals surface area contributed by atoms with Crippen LogP contribution in [0.25, 0.3) is 0 Å². The quantitative estimate of drug-likeness (QED) is 0.615. The van der Waals surface area contributed by atoms with Gasteiger partial charge in [-0.25, -0.2) is 4.79 Å². The molecule has 28 heavy (non-hydrogen) atoms. The van der Waals surface area contributed by atoms with Crippen molar-refractivity contribution in [2.45, 2.75) is 20.3 Å². The second kappa shape index (κ2) is 8.56. The van der Waals surface area contributed by atoms with Crippen molar-refractivity contribution < 1.29 is 14.4 Å². The van der Waals surface area contributed by atoms with Crippen molar-refractivity contribution in [3.63, 3.8) is 0 Å². The molecular formula is C21H24N4O3. The number of hydrogen-bond donors (Lipinski definition) is 4. The van der Waals surface area contributed by atoms with Crippen LogP contribution in [0.3, 0.4) is 0 Å². The largest absolute Gasteiger partial charge is 0.338 e. The molecule has 1 fully saturated rings. The Morgan fingerprint density at radius 1 is 0.929 bits per heavy atom. The number of hydrogen-bond acceptors (Lipinski definition) is 3. The van der Waals surface area contributed by atoms with Gasteiger partial charge in [0.2, 0.25) is 5.91 Å². The van der Waals surface area contributed by atoms with Gasteiger partial charge in [-0.05, 0) is 61.7 Å². The van der Waals surface area contributed by atoms with E-state index in [4.69, 9.17) is 0 Å². The summed E-state index contributed by atoms with van der Waals surface area (Å²) in [5, 5.41) is 11.0. The second-order valence-electron chi connectivity index (χ2n) is 6.91. The number of carbonyl (C=O) groups excluding carboxylic acids is 3. The van der Waals surface area contributed by atoms with Crippen molar-refractivity contribution in [1.29, 1.82) is 0 Å². The summed E-state index contributed by atoms with van der Waals surface area (Å²) in [4.78, 5) is 36.0. The lowest BCUT2D eigenvalue weighted by molar-refractivity contribution is -0.117. The Bertz CT molecular complexity index is 879. The smallest absolute Gasteiger partial charge is 0.319 e. The third kappa shape index (κ3) is 5.09. The van der Waals surface area contributed by atoms with E-state index in [2.05, 4.69) is 28.2 Å². The van der Waals surface area contributed by atoms with E-state index in [0.29, 0.717) is 35.1 Å². The second-order valence-corrected chi connectivity index (χ2v) is 6.91. The van der Waals surface area contributed by atoms with E-state index in [1.807, 2.05) is 6.92 Å².